The Morgan fingerprint density at radius 3 is 2.73 bits per heavy atom. The first kappa shape index (κ1) is 10.3. The normalized spacial score (nSPS) is 24.9. The van der Waals surface area contributed by atoms with Crippen LogP contribution in [0.5, 0.6) is 11.5 Å². The summed E-state index contributed by atoms with van der Waals surface area (Å²) in [5.74, 6) is -0.218. The first-order valence-electron chi connectivity index (χ1n) is 5.04. The molecule has 82 valence electrons. The minimum atomic E-state index is -0.620. The summed E-state index contributed by atoms with van der Waals surface area (Å²) >= 11 is 0. The number of phenols is 2. The van der Waals surface area contributed by atoms with Crippen LogP contribution in [0.4, 0.5) is 0 Å². The molecule has 0 radical (unpaired) electrons. The van der Waals surface area contributed by atoms with Crippen molar-refractivity contribution in [2.45, 2.75) is 25.0 Å². The molecule has 1 aromatic carbocycles. The quantitative estimate of drug-likeness (QED) is 0.513. The third-order valence-electron chi connectivity index (χ3n) is 3.07. The van der Waals surface area contributed by atoms with Gasteiger partial charge in [0, 0.05) is 11.6 Å². The van der Waals surface area contributed by atoms with E-state index in [1.165, 1.54) is 6.07 Å². The minimum absolute atomic E-state index is 0.0152. The Kier molecular flexibility index (Phi) is 2.54. The smallest absolute Gasteiger partial charge is 0.161 e. The van der Waals surface area contributed by atoms with Crippen LogP contribution >= 0.6 is 0 Å². The Labute approximate surface area is 88.2 Å². The van der Waals surface area contributed by atoms with Crippen molar-refractivity contribution in [2.24, 2.45) is 0 Å². The van der Waals surface area contributed by atoms with Gasteiger partial charge in [0.1, 0.15) is 0 Å². The lowest BCUT2D eigenvalue weighted by atomic mass is 9.85. The largest absolute Gasteiger partial charge is 0.504 e. The van der Waals surface area contributed by atoms with E-state index in [1.807, 2.05) is 0 Å². The number of fused-ring (bicyclic) bond motifs is 1. The highest BCUT2D eigenvalue weighted by atomic mass is 16.3. The van der Waals surface area contributed by atoms with Crippen LogP contribution in [-0.4, -0.2) is 28.4 Å². The molecule has 2 unspecified atom stereocenters. The molecule has 0 heterocycles. The van der Waals surface area contributed by atoms with Gasteiger partial charge in [-0.25, -0.2) is 0 Å². The van der Waals surface area contributed by atoms with Gasteiger partial charge in [0.15, 0.2) is 11.5 Å². The maximum absolute atomic E-state index is 9.98. The number of likely N-dealkylation sites (N-methyl/N-ethyl adjacent to an activating group) is 1. The number of nitrogens with one attached hydrogen (secondary N) is 1. The highest BCUT2D eigenvalue weighted by molar-refractivity contribution is 5.51. The Bertz CT molecular complexity index is 378. The van der Waals surface area contributed by atoms with E-state index in [0.717, 1.165) is 6.42 Å². The van der Waals surface area contributed by atoms with Gasteiger partial charge in [0.25, 0.3) is 0 Å². The lowest BCUT2D eigenvalue weighted by Crippen LogP contribution is -2.35. The summed E-state index contributed by atoms with van der Waals surface area (Å²) in [7, 11) is 1.80. The monoisotopic (exact) mass is 209 g/mol. The van der Waals surface area contributed by atoms with Gasteiger partial charge >= 0.3 is 0 Å². The predicted octanol–water partition coefficient (Wildman–Crippen LogP) is 0.665. The van der Waals surface area contributed by atoms with Crippen LogP contribution < -0.4 is 5.32 Å². The Morgan fingerprint density at radius 1 is 1.33 bits per heavy atom. The molecule has 0 bridgehead atoms. The van der Waals surface area contributed by atoms with E-state index in [4.69, 9.17) is 0 Å². The molecule has 1 aliphatic carbocycles. The number of phenolic OH excluding ortho intramolecular Hbond substituents is 2. The average molecular weight is 209 g/mol. The summed E-state index contributed by atoms with van der Waals surface area (Å²) in [6, 6.07) is 3.09. The topological polar surface area (TPSA) is 72.7 Å². The van der Waals surface area contributed by atoms with E-state index in [-0.39, 0.29) is 17.5 Å². The van der Waals surface area contributed by atoms with E-state index in [1.54, 1.807) is 13.1 Å². The van der Waals surface area contributed by atoms with Crippen LogP contribution in [0.2, 0.25) is 0 Å². The zero-order valence-electron chi connectivity index (χ0n) is 8.57. The van der Waals surface area contributed by atoms with Crippen LogP contribution in [0.15, 0.2) is 12.1 Å². The van der Waals surface area contributed by atoms with Gasteiger partial charge in [0.2, 0.25) is 0 Å². The maximum atomic E-state index is 9.98. The highest BCUT2D eigenvalue weighted by Crippen LogP contribution is 2.39. The van der Waals surface area contributed by atoms with Gasteiger partial charge in [-0.15, -0.1) is 0 Å². The minimum Gasteiger partial charge on any atom is -0.504 e. The molecule has 0 amide bonds. The van der Waals surface area contributed by atoms with Gasteiger partial charge in [-0.1, -0.05) is 6.07 Å². The summed E-state index contributed by atoms with van der Waals surface area (Å²) in [5, 5.41) is 32.0. The fourth-order valence-electron chi connectivity index (χ4n) is 2.16. The number of benzene rings is 1. The third kappa shape index (κ3) is 1.56. The van der Waals surface area contributed by atoms with Crippen LogP contribution in [0.3, 0.4) is 0 Å². The van der Waals surface area contributed by atoms with E-state index in [2.05, 4.69) is 5.32 Å². The second kappa shape index (κ2) is 3.72. The van der Waals surface area contributed by atoms with E-state index in [0.29, 0.717) is 17.5 Å². The molecule has 4 nitrogen and oxygen atoms in total. The number of rotatable bonds is 1. The SMILES string of the molecule is CNC1CCc2c(ccc(O)c2O)C1O. The molecule has 1 aliphatic rings. The number of aromatic hydroxyl groups is 2. The van der Waals surface area contributed by atoms with Crippen LogP contribution in [0.1, 0.15) is 23.7 Å². The molecule has 0 aromatic heterocycles. The van der Waals surface area contributed by atoms with Crippen molar-refractivity contribution in [3.63, 3.8) is 0 Å². The number of aliphatic hydroxyl groups is 1. The molecule has 15 heavy (non-hydrogen) atoms. The van der Waals surface area contributed by atoms with Gasteiger partial charge in [0.05, 0.1) is 6.10 Å². The fourth-order valence-corrected chi connectivity index (χ4v) is 2.16. The number of hydrogen-bond acceptors (Lipinski definition) is 4. The number of aliphatic hydroxyl groups excluding tert-OH is 1. The molecule has 4 heteroatoms. The van der Waals surface area contributed by atoms with Gasteiger partial charge in [-0.3, -0.25) is 0 Å². The van der Waals surface area contributed by atoms with Crippen molar-refractivity contribution in [3.05, 3.63) is 23.3 Å². The maximum Gasteiger partial charge on any atom is 0.161 e. The average Bonchev–Trinajstić information content (AvgIpc) is 2.24. The molecule has 0 aliphatic heterocycles. The summed E-state index contributed by atoms with van der Waals surface area (Å²) in [4.78, 5) is 0. The van der Waals surface area contributed by atoms with Gasteiger partial charge < -0.3 is 20.6 Å². The molecule has 0 saturated heterocycles. The molecule has 0 saturated carbocycles. The van der Waals surface area contributed by atoms with Gasteiger partial charge in [-0.05, 0) is 31.5 Å². The molecule has 2 rings (SSSR count). The molecule has 1 aromatic rings. The Balaban J connectivity index is 2.45. The lowest BCUT2D eigenvalue weighted by molar-refractivity contribution is 0.118. The van der Waals surface area contributed by atoms with Crippen molar-refractivity contribution in [3.8, 4) is 11.5 Å². The van der Waals surface area contributed by atoms with Gasteiger partial charge in [-0.2, -0.15) is 0 Å². The summed E-state index contributed by atoms with van der Waals surface area (Å²) in [6.45, 7) is 0. The first-order valence-corrected chi connectivity index (χ1v) is 5.04. The second-order valence-electron chi connectivity index (χ2n) is 3.88. The van der Waals surface area contributed by atoms with E-state index >= 15 is 0 Å². The molecule has 0 spiro atoms. The van der Waals surface area contributed by atoms with Crippen LogP contribution in [0.25, 0.3) is 0 Å². The Morgan fingerprint density at radius 2 is 2.07 bits per heavy atom. The predicted molar refractivity (Wildman–Crippen MR) is 55.9 cm³/mol. The molecule has 4 N–H and O–H groups in total. The fraction of sp³-hybridized carbons (Fsp3) is 0.455. The van der Waals surface area contributed by atoms with Crippen molar-refractivity contribution >= 4 is 0 Å². The number of hydrogen-bond donors (Lipinski definition) is 4. The van der Waals surface area contributed by atoms with Crippen molar-refractivity contribution in [2.75, 3.05) is 7.05 Å². The standard InChI is InChI=1S/C11H15NO3/c1-12-8-4-2-7-6(10(8)14)3-5-9(13)11(7)15/h3,5,8,10,12-15H,2,4H2,1H3. The van der Waals surface area contributed by atoms with Crippen molar-refractivity contribution in [1.82, 2.24) is 5.32 Å². The summed E-state index contributed by atoms with van der Waals surface area (Å²) < 4.78 is 0. The van der Waals surface area contributed by atoms with E-state index in [9.17, 15) is 15.3 Å². The second-order valence-corrected chi connectivity index (χ2v) is 3.88. The highest BCUT2D eigenvalue weighted by Gasteiger charge is 2.29. The van der Waals surface area contributed by atoms with Crippen LogP contribution in [-0.2, 0) is 6.42 Å². The molecular weight excluding hydrogens is 194 g/mol. The van der Waals surface area contributed by atoms with Crippen LogP contribution in [0, 0.1) is 0 Å². The third-order valence-corrected chi connectivity index (χ3v) is 3.07. The zero-order chi connectivity index (χ0) is 11.0. The molecule has 0 fully saturated rings. The van der Waals surface area contributed by atoms with Crippen molar-refractivity contribution < 1.29 is 15.3 Å². The Hall–Kier alpha value is -1.26. The summed E-state index contributed by atoms with van der Waals surface area (Å²) in [6.07, 6.45) is 0.796. The first-order chi connectivity index (χ1) is 7.15. The zero-order valence-corrected chi connectivity index (χ0v) is 8.57. The molecule has 2 atom stereocenters. The lowest BCUT2D eigenvalue weighted by Gasteiger charge is -2.30. The summed E-state index contributed by atoms with van der Waals surface area (Å²) in [5.41, 5.74) is 1.37. The van der Waals surface area contributed by atoms with E-state index < -0.39 is 6.10 Å². The molecular formula is C11H15NO3. The van der Waals surface area contributed by atoms with Crippen molar-refractivity contribution in [1.29, 1.82) is 0 Å².